The minimum Gasteiger partial charge on any atom is -0.322 e. The molecule has 0 aliphatic rings. The Kier molecular flexibility index (Phi) is 3.98. The van der Waals surface area contributed by atoms with E-state index in [1.165, 1.54) is 0 Å². The van der Waals surface area contributed by atoms with E-state index in [-0.39, 0.29) is 0 Å². The second kappa shape index (κ2) is 5.89. The third-order valence-electron chi connectivity index (χ3n) is 3.06. The topological polar surface area (TPSA) is 43.6 Å². The lowest BCUT2D eigenvalue weighted by molar-refractivity contribution is 0.724. The molecule has 0 saturated carbocycles. The lowest BCUT2D eigenvalue weighted by Gasteiger charge is -2.07. The Morgan fingerprint density at radius 3 is 2.90 bits per heavy atom. The lowest BCUT2D eigenvalue weighted by Crippen LogP contribution is -2.07. The SMILES string of the molecule is ClCCc1nc2cc(Br)ccc2n1Cc1cccnn1. The number of aromatic nitrogens is 4. The van der Waals surface area contributed by atoms with E-state index in [1.54, 1.807) is 6.20 Å². The summed E-state index contributed by atoms with van der Waals surface area (Å²) < 4.78 is 3.17. The van der Waals surface area contributed by atoms with Gasteiger partial charge in [0.05, 0.1) is 23.3 Å². The molecule has 102 valence electrons. The van der Waals surface area contributed by atoms with Crippen LogP contribution in [0.3, 0.4) is 0 Å². The average molecular weight is 352 g/mol. The summed E-state index contributed by atoms with van der Waals surface area (Å²) in [6.07, 6.45) is 2.40. The van der Waals surface area contributed by atoms with E-state index in [0.29, 0.717) is 12.4 Å². The quantitative estimate of drug-likeness (QED) is 0.677. The van der Waals surface area contributed by atoms with Gasteiger partial charge in [-0.05, 0) is 30.3 Å². The maximum atomic E-state index is 5.88. The van der Waals surface area contributed by atoms with Crippen LogP contribution in [-0.4, -0.2) is 25.6 Å². The van der Waals surface area contributed by atoms with E-state index in [2.05, 4.69) is 41.7 Å². The molecule has 1 aromatic carbocycles. The van der Waals surface area contributed by atoms with Crippen molar-refractivity contribution >= 4 is 38.6 Å². The fourth-order valence-corrected chi connectivity index (χ4v) is 2.70. The summed E-state index contributed by atoms with van der Waals surface area (Å²) in [6, 6.07) is 9.93. The highest BCUT2D eigenvalue weighted by Gasteiger charge is 2.11. The second-order valence-corrected chi connectivity index (χ2v) is 5.69. The molecule has 0 spiro atoms. The smallest absolute Gasteiger partial charge is 0.111 e. The summed E-state index contributed by atoms with van der Waals surface area (Å²) in [5.74, 6) is 1.52. The van der Waals surface area contributed by atoms with Crippen molar-refractivity contribution < 1.29 is 0 Å². The van der Waals surface area contributed by atoms with E-state index in [4.69, 9.17) is 11.6 Å². The summed E-state index contributed by atoms with van der Waals surface area (Å²) >= 11 is 9.35. The number of fused-ring (bicyclic) bond motifs is 1. The highest BCUT2D eigenvalue weighted by atomic mass is 79.9. The zero-order valence-corrected chi connectivity index (χ0v) is 13.0. The number of rotatable bonds is 4. The first-order chi connectivity index (χ1) is 9.78. The Balaban J connectivity index is 2.09. The van der Waals surface area contributed by atoms with Crippen LogP contribution in [0.1, 0.15) is 11.5 Å². The largest absolute Gasteiger partial charge is 0.322 e. The summed E-state index contributed by atoms with van der Waals surface area (Å²) in [5.41, 5.74) is 2.95. The molecule has 2 heterocycles. The molecule has 0 unspecified atom stereocenters. The zero-order valence-electron chi connectivity index (χ0n) is 10.6. The molecular formula is C14H12BrClN4. The van der Waals surface area contributed by atoms with Crippen molar-refractivity contribution in [3.8, 4) is 0 Å². The summed E-state index contributed by atoms with van der Waals surface area (Å²) in [7, 11) is 0. The predicted molar refractivity (Wildman–Crippen MR) is 83.0 cm³/mol. The molecule has 0 N–H and O–H groups in total. The van der Waals surface area contributed by atoms with Gasteiger partial charge in [0.15, 0.2) is 0 Å². The Morgan fingerprint density at radius 2 is 2.15 bits per heavy atom. The number of halogens is 2. The third kappa shape index (κ3) is 2.69. The van der Waals surface area contributed by atoms with Crippen LogP contribution in [0.2, 0.25) is 0 Å². The van der Waals surface area contributed by atoms with Crippen molar-refractivity contribution in [2.24, 2.45) is 0 Å². The summed E-state index contributed by atoms with van der Waals surface area (Å²) in [5, 5.41) is 8.06. The van der Waals surface area contributed by atoms with Gasteiger partial charge in [-0.2, -0.15) is 10.2 Å². The molecule has 0 bridgehead atoms. The molecule has 0 atom stereocenters. The van der Waals surface area contributed by atoms with Crippen molar-refractivity contribution in [2.75, 3.05) is 5.88 Å². The van der Waals surface area contributed by atoms with Gasteiger partial charge in [0.1, 0.15) is 5.82 Å². The molecule has 0 aliphatic carbocycles. The first-order valence-corrected chi connectivity index (χ1v) is 7.58. The number of aryl methyl sites for hydroxylation is 1. The van der Waals surface area contributed by atoms with Gasteiger partial charge in [-0.3, -0.25) is 0 Å². The van der Waals surface area contributed by atoms with Gasteiger partial charge in [-0.15, -0.1) is 11.6 Å². The van der Waals surface area contributed by atoms with Crippen molar-refractivity contribution in [1.82, 2.24) is 19.7 Å². The van der Waals surface area contributed by atoms with Crippen molar-refractivity contribution in [1.29, 1.82) is 0 Å². The fraction of sp³-hybridized carbons (Fsp3) is 0.214. The van der Waals surface area contributed by atoms with Gasteiger partial charge in [0, 0.05) is 23.0 Å². The summed E-state index contributed by atoms with van der Waals surface area (Å²) in [6.45, 7) is 0.651. The van der Waals surface area contributed by atoms with Gasteiger partial charge < -0.3 is 4.57 Å². The Labute approximate surface area is 129 Å². The molecular weight excluding hydrogens is 340 g/mol. The number of hydrogen-bond acceptors (Lipinski definition) is 3. The molecule has 4 nitrogen and oxygen atoms in total. The Bertz CT molecular complexity index is 727. The zero-order chi connectivity index (χ0) is 13.9. The number of alkyl halides is 1. The third-order valence-corrected chi connectivity index (χ3v) is 3.74. The van der Waals surface area contributed by atoms with Crippen LogP contribution in [0.4, 0.5) is 0 Å². The number of nitrogens with zero attached hydrogens (tertiary/aromatic N) is 4. The van der Waals surface area contributed by atoms with Crippen molar-refractivity contribution in [3.63, 3.8) is 0 Å². The van der Waals surface area contributed by atoms with E-state index in [1.807, 2.05) is 24.3 Å². The highest BCUT2D eigenvalue weighted by molar-refractivity contribution is 9.10. The molecule has 0 radical (unpaired) electrons. The van der Waals surface area contributed by atoms with Crippen LogP contribution in [-0.2, 0) is 13.0 Å². The minimum atomic E-state index is 0.547. The normalized spacial score (nSPS) is 11.1. The fourth-order valence-electron chi connectivity index (χ4n) is 2.18. The number of benzene rings is 1. The number of hydrogen-bond donors (Lipinski definition) is 0. The van der Waals surface area contributed by atoms with E-state index in [0.717, 1.165) is 33.4 Å². The van der Waals surface area contributed by atoms with E-state index < -0.39 is 0 Å². The second-order valence-electron chi connectivity index (χ2n) is 4.40. The maximum Gasteiger partial charge on any atom is 0.111 e. The van der Waals surface area contributed by atoms with Gasteiger partial charge in [0.2, 0.25) is 0 Å². The van der Waals surface area contributed by atoms with Gasteiger partial charge in [-0.25, -0.2) is 4.98 Å². The Morgan fingerprint density at radius 1 is 1.25 bits per heavy atom. The van der Waals surface area contributed by atoms with Crippen molar-refractivity contribution in [3.05, 3.63) is 52.5 Å². The van der Waals surface area contributed by atoms with Gasteiger partial charge in [0.25, 0.3) is 0 Å². The average Bonchev–Trinajstić information content (AvgIpc) is 2.77. The van der Waals surface area contributed by atoms with Gasteiger partial charge >= 0.3 is 0 Å². The standard InChI is InChI=1S/C14H12BrClN4/c15-10-3-4-13-12(8-10)18-14(5-6-16)20(13)9-11-2-1-7-17-19-11/h1-4,7-8H,5-6,9H2. The van der Waals surface area contributed by atoms with Crippen LogP contribution >= 0.6 is 27.5 Å². The van der Waals surface area contributed by atoms with Crippen LogP contribution in [0.5, 0.6) is 0 Å². The predicted octanol–water partition coefficient (Wildman–Crippen LogP) is 3.42. The summed E-state index contributed by atoms with van der Waals surface area (Å²) in [4.78, 5) is 4.66. The molecule has 20 heavy (non-hydrogen) atoms. The monoisotopic (exact) mass is 350 g/mol. The van der Waals surface area contributed by atoms with Gasteiger partial charge in [-0.1, -0.05) is 15.9 Å². The van der Waals surface area contributed by atoms with Crippen LogP contribution in [0, 0.1) is 0 Å². The van der Waals surface area contributed by atoms with Crippen molar-refractivity contribution in [2.45, 2.75) is 13.0 Å². The van der Waals surface area contributed by atoms with E-state index >= 15 is 0 Å². The molecule has 0 fully saturated rings. The lowest BCUT2D eigenvalue weighted by atomic mass is 10.3. The molecule has 3 aromatic rings. The van der Waals surface area contributed by atoms with E-state index in [9.17, 15) is 0 Å². The maximum absolute atomic E-state index is 5.88. The molecule has 2 aromatic heterocycles. The molecule has 0 aliphatic heterocycles. The number of imidazole rings is 1. The molecule has 0 amide bonds. The Hall–Kier alpha value is -1.46. The minimum absolute atomic E-state index is 0.547. The van der Waals surface area contributed by atoms with Crippen LogP contribution < -0.4 is 0 Å². The molecule has 6 heteroatoms. The first-order valence-electron chi connectivity index (χ1n) is 6.25. The van der Waals surface area contributed by atoms with Crippen LogP contribution in [0.15, 0.2) is 41.0 Å². The molecule has 0 saturated heterocycles. The van der Waals surface area contributed by atoms with Crippen LogP contribution in [0.25, 0.3) is 11.0 Å². The molecule has 3 rings (SSSR count). The first kappa shape index (κ1) is 13.5. The highest BCUT2D eigenvalue weighted by Crippen LogP contribution is 2.22.